The minimum atomic E-state index is -0.747. The van der Waals surface area contributed by atoms with Crippen molar-refractivity contribution in [2.75, 3.05) is 28.3 Å². The van der Waals surface area contributed by atoms with Crippen LogP contribution in [-0.4, -0.2) is 43.9 Å². The zero-order valence-electron chi connectivity index (χ0n) is 17.9. The number of nitrogens with zero attached hydrogens (tertiary/aromatic N) is 1. The summed E-state index contributed by atoms with van der Waals surface area (Å²) < 4.78 is 10.8. The van der Waals surface area contributed by atoms with E-state index in [0.29, 0.717) is 6.42 Å². The number of hydrogen-bond donors (Lipinski definition) is 1. The number of ether oxygens (including phenoxy) is 2. The predicted octanol–water partition coefficient (Wildman–Crippen LogP) is 4.89. The lowest BCUT2D eigenvalue weighted by atomic mass is 9.67. The molecule has 0 heterocycles. The maximum absolute atomic E-state index is 11.9. The highest BCUT2D eigenvalue weighted by Crippen LogP contribution is 2.45. The quantitative estimate of drug-likeness (QED) is 0.693. The summed E-state index contributed by atoms with van der Waals surface area (Å²) in [5.74, 6) is 1.84. The molecule has 3 unspecified atom stereocenters. The summed E-state index contributed by atoms with van der Waals surface area (Å²) in [7, 11) is 7.58. The average Bonchev–Trinajstić information content (AvgIpc) is 2.69. The SMILES string of the molecule is COc1cccc(CC2(O)CCCCC2C(c2cccc(OC)c2)N(C)C)c1.Cl. The Kier molecular flexibility index (Phi) is 8.38. The van der Waals surface area contributed by atoms with E-state index in [4.69, 9.17) is 9.47 Å². The molecule has 0 bridgehead atoms. The van der Waals surface area contributed by atoms with Crippen LogP contribution in [0, 0.1) is 5.92 Å². The molecule has 4 nitrogen and oxygen atoms in total. The second-order valence-electron chi connectivity index (χ2n) is 8.17. The lowest BCUT2D eigenvalue weighted by Gasteiger charge is -2.46. The first-order valence-electron chi connectivity index (χ1n) is 10.1. The number of methoxy groups -OCH3 is 2. The summed E-state index contributed by atoms with van der Waals surface area (Å²) in [6.07, 6.45) is 4.70. The fourth-order valence-electron chi connectivity index (χ4n) is 4.77. The molecule has 1 N–H and O–H groups in total. The van der Waals surface area contributed by atoms with Gasteiger partial charge in [-0.15, -0.1) is 12.4 Å². The van der Waals surface area contributed by atoms with Crippen molar-refractivity contribution < 1.29 is 14.6 Å². The lowest BCUT2D eigenvalue weighted by molar-refractivity contribution is -0.0771. The fraction of sp³-hybridized carbons (Fsp3) is 0.500. The van der Waals surface area contributed by atoms with E-state index >= 15 is 0 Å². The molecule has 1 saturated carbocycles. The van der Waals surface area contributed by atoms with Crippen LogP contribution in [0.1, 0.15) is 42.9 Å². The Morgan fingerprint density at radius 1 is 1.03 bits per heavy atom. The van der Waals surface area contributed by atoms with E-state index < -0.39 is 5.60 Å². The predicted molar refractivity (Wildman–Crippen MR) is 120 cm³/mol. The van der Waals surface area contributed by atoms with Gasteiger partial charge in [-0.1, -0.05) is 37.1 Å². The normalized spacial score (nSPS) is 22.6. The number of rotatable bonds is 7. The van der Waals surface area contributed by atoms with Crippen molar-refractivity contribution in [3.05, 3.63) is 59.7 Å². The van der Waals surface area contributed by atoms with Crippen molar-refractivity contribution in [1.29, 1.82) is 0 Å². The zero-order valence-corrected chi connectivity index (χ0v) is 18.7. The largest absolute Gasteiger partial charge is 0.497 e. The van der Waals surface area contributed by atoms with Crippen LogP contribution >= 0.6 is 12.4 Å². The van der Waals surface area contributed by atoms with Gasteiger partial charge in [-0.05, 0) is 62.3 Å². The summed E-state index contributed by atoms with van der Waals surface area (Å²) in [6.45, 7) is 0. The molecule has 1 fully saturated rings. The van der Waals surface area contributed by atoms with Crippen molar-refractivity contribution in [1.82, 2.24) is 4.90 Å². The second-order valence-corrected chi connectivity index (χ2v) is 8.17. The summed E-state index contributed by atoms with van der Waals surface area (Å²) in [6, 6.07) is 16.5. The minimum absolute atomic E-state index is 0. The van der Waals surface area contributed by atoms with Crippen LogP contribution < -0.4 is 9.47 Å². The molecule has 3 rings (SSSR count). The monoisotopic (exact) mass is 419 g/mol. The third kappa shape index (κ3) is 5.44. The Balaban J connectivity index is 0.00000300. The van der Waals surface area contributed by atoms with E-state index in [0.717, 1.165) is 42.7 Å². The molecule has 3 atom stereocenters. The van der Waals surface area contributed by atoms with Crippen molar-refractivity contribution in [2.45, 2.75) is 43.7 Å². The van der Waals surface area contributed by atoms with Gasteiger partial charge < -0.3 is 19.5 Å². The van der Waals surface area contributed by atoms with Gasteiger partial charge in [0.05, 0.1) is 19.8 Å². The molecule has 1 aliphatic rings. The molecule has 0 spiro atoms. The van der Waals surface area contributed by atoms with Gasteiger partial charge in [0.25, 0.3) is 0 Å². The molecule has 29 heavy (non-hydrogen) atoms. The van der Waals surface area contributed by atoms with Gasteiger partial charge in [-0.25, -0.2) is 0 Å². The van der Waals surface area contributed by atoms with Crippen LogP contribution in [0.2, 0.25) is 0 Å². The van der Waals surface area contributed by atoms with Crippen LogP contribution in [0.5, 0.6) is 11.5 Å². The van der Waals surface area contributed by atoms with Crippen molar-refractivity contribution in [2.24, 2.45) is 5.92 Å². The summed E-state index contributed by atoms with van der Waals surface area (Å²) in [5.41, 5.74) is 1.57. The molecule has 0 saturated heterocycles. The topological polar surface area (TPSA) is 41.9 Å². The standard InChI is InChI=1S/C24H33NO3.ClH/c1-25(2)23(19-10-8-12-21(16-19)28-4)22-13-5-6-14-24(22,26)17-18-9-7-11-20(15-18)27-3;/h7-12,15-16,22-23,26H,5-6,13-14,17H2,1-4H3;1H. The molecule has 2 aromatic carbocycles. The van der Waals surface area contributed by atoms with Crippen LogP contribution in [0.15, 0.2) is 48.5 Å². The minimum Gasteiger partial charge on any atom is -0.497 e. The highest BCUT2D eigenvalue weighted by atomic mass is 35.5. The number of halogens is 1. The van der Waals surface area contributed by atoms with E-state index in [1.54, 1.807) is 14.2 Å². The van der Waals surface area contributed by atoms with Gasteiger partial charge in [0.15, 0.2) is 0 Å². The first-order chi connectivity index (χ1) is 13.5. The van der Waals surface area contributed by atoms with E-state index in [1.807, 2.05) is 30.3 Å². The second kappa shape index (κ2) is 10.3. The molecular formula is C24H34ClNO3. The number of aliphatic hydroxyl groups is 1. The van der Waals surface area contributed by atoms with Gasteiger partial charge in [-0.3, -0.25) is 0 Å². The van der Waals surface area contributed by atoms with E-state index in [-0.39, 0.29) is 24.4 Å². The summed E-state index contributed by atoms with van der Waals surface area (Å²) >= 11 is 0. The highest BCUT2D eigenvalue weighted by Gasteiger charge is 2.44. The van der Waals surface area contributed by atoms with Crippen molar-refractivity contribution in [3.63, 3.8) is 0 Å². The molecule has 0 amide bonds. The Hall–Kier alpha value is -1.75. The van der Waals surface area contributed by atoms with Gasteiger partial charge in [0.1, 0.15) is 11.5 Å². The molecule has 160 valence electrons. The number of benzene rings is 2. The summed E-state index contributed by atoms with van der Waals surface area (Å²) in [4.78, 5) is 2.24. The molecule has 0 radical (unpaired) electrons. The van der Waals surface area contributed by atoms with Crippen LogP contribution in [0.3, 0.4) is 0 Å². The van der Waals surface area contributed by atoms with E-state index in [9.17, 15) is 5.11 Å². The van der Waals surface area contributed by atoms with Crippen LogP contribution in [-0.2, 0) is 6.42 Å². The highest BCUT2D eigenvalue weighted by molar-refractivity contribution is 5.85. The lowest BCUT2D eigenvalue weighted by Crippen LogP contribution is -2.48. The molecule has 5 heteroatoms. The third-order valence-electron chi connectivity index (χ3n) is 6.08. The Bertz CT molecular complexity index is 782. The van der Waals surface area contributed by atoms with Gasteiger partial charge in [0, 0.05) is 18.4 Å². The molecule has 1 aliphatic carbocycles. The Labute approximate surface area is 181 Å². The Morgan fingerprint density at radius 2 is 1.69 bits per heavy atom. The van der Waals surface area contributed by atoms with Crippen molar-refractivity contribution >= 4 is 12.4 Å². The zero-order chi connectivity index (χ0) is 20.1. The van der Waals surface area contributed by atoms with Crippen LogP contribution in [0.25, 0.3) is 0 Å². The third-order valence-corrected chi connectivity index (χ3v) is 6.08. The first-order valence-corrected chi connectivity index (χ1v) is 10.1. The summed E-state index contributed by atoms with van der Waals surface area (Å²) in [5, 5.41) is 11.9. The van der Waals surface area contributed by atoms with Gasteiger partial charge in [0.2, 0.25) is 0 Å². The molecule has 0 aliphatic heterocycles. The van der Waals surface area contributed by atoms with Gasteiger partial charge in [-0.2, -0.15) is 0 Å². The van der Waals surface area contributed by atoms with Crippen LogP contribution in [0.4, 0.5) is 0 Å². The smallest absolute Gasteiger partial charge is 0.119 e. The maximum Gasteiger partial charge on any atom is 0.119 e. The van der Waals surface area contributed by atoms with Crippen molar-refractivity contribution in [3.8, 4) is 11.5 Å². The van der Waals surface area contributed by atoms with E-state index in [2.05, 4.69) is 37.2 Å². The number of hydrogen-bond acceptors (Lipinski definition) is 4. The first kappa shape index (κ1) is 23.5. The fourth-order valence-corrected chi connectivity index (χ4v) is 4.77. The van der Waals surface area contributed by atoms with E-state index in [1.165, 1.54) is 5.56 Å². The maximum atomic E-state index is 11.9. The Morgan fingerprint density at radius 3 is 2.34 bits per heavy atom. The molecule has 2 aromatic rings. The molecule has 0 aromatic heterocycles. The molecular weight excluding hydrogens is 386 g/mol. The average molecular weight is 420 g/mol. The van der Waals surface area contributed by atoms with Gasteiger partial charge >= 0.3 is 0 Å².